The van der Waals surface area contributed by atoms with Crippen molar-refractivity contribution >= 4 is 15.9 Å². The number of nitrogens with one attached hydrogen (secondary N) is 1. The summed E-state index contributed by atoms with van der Waals surface area (Å²) in [5, 5.41) is 3.57. The van der Waals surface area contributed by atoms with Crippen LogP contribution in [0.2, 0.25) is 0 Å². The first kappa shape index (κ1) is 13.1. The van der Waals surface area contributed by atoms with E-state index in [0.717, 1.165) is 11.0 Å². The minimum Gasteiger partial charge on any atom is -0.377 e. The Hall–Kier alpha value is -0.380. The van der Waals surface area contributed by atoms with Crippen molar-refractivity contribution in [2.45, 2.75) is 37.8 Å². The Bertz CT molecular complexity index is 371. The molecule has 1 aliphatic carbocycles. The number of rotatable bonds is 5. The molecule has 0 aromatic heterocycles. The Morgan fingerprint density at radius 1 is 1.47 bits per heavy atom. The van der Waals surface area contributed by atoms with Crippen molar-refractivity contribution < 1.29 is 4.74 Å². The largest absolute Gasteiger partial charge is 0.377 e. The summed E-state index contributed by atoms with van der Waals surface area (Å²) in [6.07, 6.45) is 3.66. The van der Waals surface area contributed by atoms with E-state index in [4.69, 9.17) is 4.74 Å². The molecule has 0 aliphatic heterocycles. The summed E-state index contributed by atoms with van der Waals surface area (Å²) in [4.78, 5) is 0. The fraction of sp³-hybridized carbons (Fsp3) is 0.571. The van der Waals surface area contributed by atoms with Gasteiger partial charge in [0, 0.05) is 24.2 Å². The maximum atomic E-state index is 5.61. The van der Waals surface area contributed by atoms with Crippen LogP contribution < -0.4 is 5.32 Å². The monoisotopic (exact) mass is 297 g/mol. The Kier molecular flexibility index (Phi) is 4.23. The van der Waals surface area contributed by atoms with Crippen molar-refractivity contribution in [1.82, 2.24) is 5.32 Å². The van der Waals surface area contributed by atoms with Crippen LogP contribution in [0.15, 0.2) is 28.7 Å². The van der Waals surface area contributed by atoms with Gasteiger partial charge in [-0.3, -0.25) is 0 Å². The lowest BCUT2D eigenvalue weighted by atomic mass is 9.80. The summed E-state index contributed by atoms with van der Waals surface area (Å²) < 4.78 is 6.75. The lowest BCUT2D eigenvalue weighted by Crippen LogP contribution is -2.48. The minimum absolute atomic E-state index is 0.0975. The molecule has 1 aliphatic rings. The van der Waals surface area contributed by atoms with Crippen molar-refractivity contribution in [1.29, 1.82) is 0 Å². The second-order valence-corrected chi connectivity index (χ2v) is 5.81. The van der Waals surface area contributed by atoms with E-state index >= 15 is 0 Å². The highest BCUT2D eigenvalue weighted by Crippen LogP contribution is 2.34. The van der Waals surface area contributed by atoms with Gasteiger partial charge in [0.05, 0.1) is 5.60 Å². The van der Waals surface area contributed by atoms with E-state index in [9.17, 15) is 0 Å². The summed E-state index contributed by atoms with van der Waals surface area (Å²) in [5.41, 5.74) is 1.41. The molecule has 1 saturated carbocycles. The quantitative estimate of drug-likeness (QED) is 0.895. The van der Waals surface area contributed by atoms with Crippen LogP contribution in [0.25, 0.3) is 0 Å². The van der Waals surface area contributed by atoms with Crippen LogP contribution >= 0.6 is 15.9 Å². The molecule has 1 atom stereocenters. The molecule has 2 nitrogen and oxygen atoms in total. The summed E-state index contributed by atoms with van der Waals surface area (Å²) in [5.74, 6) is 0. The van der Waals surface area contributed by atoms with Gasteiger partial charge < -0.3 is 10.1 Å². The van der Waals surface area contributed by atoms with Crippen LogP contribution in [0.1, 0.15) is 37.8 Å². The van der Waals surface area contributed by atoms with Gasteiger partial charge in [-0.25, -0.2) is 0 Å². The van der Waals surface area contributed by atoms with E-state index in [1.54, 1.807) is 0 Å². The molecular formula is C14H20BrNO. The summed E-state index contributed by atoms with van der Waals surface area (Å²) >= 11 is 3.51. The molecular weight excluding hydrogens is 278 g/mol. The highest BCUT2D eigenvalue weighted by Gasteiger charge is 2.36. The Morgan fingerprint density at radius 2 is 2.24 bits per heavy atom. The molecule has 94 valence electrons. The van der Waals surface area contributed by atoms with Crippen molar-refractivity contribution in [3.8, 4) is 0 Å². The normalized spacial score (nSPS) is 19.7. The Morgan fingerprint density at radius 3 is 2.76 bits per heavy atom. The summed E-state index contributed by atoms with van der Waals surface area (Å²) in [7, 11) is 1.82. The number of ether oxygens (including phenoxy) is 1. The highest BCUT2D eigenvalue weighted by atomic mass is 79.9. The Labute approximate surface area is 112 Å². The van der Waals surface area contributed by atoms with E-state index in [2.05, 4.69) is 52.4 Å². The van der Waals surface area contributed by atoms with Gasteiger partial charge in [0.1, 0.15) is 0 Å². The number of halogens is 1. The predicted molar refractivity (Wildman–Crippen MR) is 74.2 cm³/mol. The number of hydrogen-bond acceptors (Lipinski definition) is 2. The molecule has 0 heterocycles. The molecule has 1 fully saturated rings. The van der Waals surface area contributed by atoms with Gasteiger partial charge in [-0.2, -0.15) is 0 Å². The molecule has 1 aromatic carbocycles. The van der Waals surface area contributed by atoms with Crippen LogP contribution in [-0.4, -0.2) is 19.3 Å². The van der Waals surface area contributed by atoms with Gasteiger partial charge in [-0.15, -0.1) is 0 Å². The predicted octanol–water partition coefficient (Wildman–Crippen LogP) is 3.67. The van der Waals surface area contributed by atoms with Crippen LogP contribution in [0.4, 0.5) is 0 Å². The van der Waals surface area contributed by atoms with Crippen LogP contribution in [-0.2, 0) is 4.74 Å². The fourth-order valence-electron chi connectivity index (χ4n) is 2.26. The summed E-state index contributed by atoms with van der Waals surface area (Å²) in [6.45, 7) is 3.14. The molecule has 17 heavy (non-hydrogen) atoms. The van der Waals surface area contributed by atoms with Crippen LogP contribution in [0.3, 0.4) is 0 Å². The van der Waals surface area contributed by atoms with Gasteiger partial charge in [-0.05, 0) is 43.9 Å². The second kappa shape index (κ2) is 5.51. The zero-order valence-corrected chi connectivity index (χ0v) is 12.1. The molecule has 0 bridgehead atoms. The van der Waals surface area contributed by atoms with E-state index in [1.165, 1.54) is 24.8 Å². The van der Waals surface area contributed by atoms with E-state index in [1.807, 2.05) is 7.11 Å². The Balaban J connectivity index is 1.91. The lowest BCUT2D eigenvalue weighted by molar-refractivity contribution is -0.0706. The van der Waals surface area contributed by atoms with Crippen molar-refractivity contribution in [2.75, 3.05) is 13.7 Å². The molecule has 0 saturated heterocycles. The van der Waals surface area contributed by atoms with Crippen molar-refractivity contribution in [3.05, 3.63) is 34.3 Å². The van der Waals surface area contributed by atoms with E-state index in [-0.39, 0.29) is 5.60 Å². The maximum absolute atomic E-state index is 5.61. The zero-order valence-electron chi connectivity index (χ0n) is 10.5. The minimum atomic E-state index is 0.0975. The first-order chi connectivity index (χ1) is 8.15. The highest BCUT2D eigenvalue weighted by molar-refractivity contribution is 9.10. The topological polar surface area (TPSA) is 21.3 Å². The third-order valence-corrected chi connectivity index (χ3v) is 4.27. The second-order valence-electron chi connectivity index (χ2n) is 4.90. The maximum Gasteiger partial charge on any atom is 0.0802 e. The number of methoxy groups -OCH3 is 1. The average Bonchev–Trinajstić information content (AvgIpc) is 2.28. The zero-order chi connectivity index (χ0) is 12.3. The van der Waals surface area contributed by atoms with Crippen molar-refractivity contribution in [3.63, 3.8) is 0 Å². The molecule has 1 aromatic rings. The molecule has 2 rings (SSSR count). The van der Waals surface area contributed by atoms with Crippen LogP contribution in [0, 0.1) is 0 Å². The smallest absolute Gasteiger partial charge is 0.0802 e. The van der Waals surface area contributed by atoms with E-state index < -0.39 is 0 Å². The van der Waals surface area contributed by atoms with Crippen molar-refractivity contribution in [2.24, 2.45) is 0 Å². The molecule has 0 amide bonds. The van der Waals surface area contributed by atoms with Gasteiger partial charge in [-0.1, -0.05) is 28.1 Å². The van der Waals surface area contributed by atoms with Crippen LogP contribution in [0.5, 0.6) is 0 Å². The third kappa shape index (κ3) is 3.09. The molecule has 0 radical (unpaired) electrons. The summed E-state index contributed by atoms with van der Waals surface area (Å²) in [6, 6.07) is 8.81. The third-order valence-electron chi connectivity index (χ3n) is 3.78. The first-order valence-electron chi connectivity index (χ1n) is 6.19. The standard InChI is InChI=1S/C14H20BrNO/c1-11(12-5-3-6-13(15)9-12)16-10-14(17-2)7-4-8-14/h3,5-6,9,11,16H,4,7-8,10H2,1-2H3. The fourth-order valence-corrected chi connectivity index (χ4v) is 2.67. The molecule has 1 unspecified atom stereocenters. The van der Waals surface area contributed by atoms with Gasteiger partial charge in [0.15, 0.2) is 0 Å². The molecule has 1 N–H and O–H groups in total. The van der Waals surface area contributed by atoms with Gasteiger partial charge in [0.2, 0.25) is 0 Å². The number of hydrogen-bond donors (Lipinski definition) is 1. The number of benzene rings is 1. The SMILES string of the molecule is COC1(CNC(C)c2cccc(Br)c2)CCC1. The van der Waals surface area contributed by atoms with Gasteiger partial charge in [0.25, 0.3) is 0 Å². The van der Waals surface area contributed by atoms with Gasteiger partial charge >= 0.3 is 0 Å². The molecule has 0 spiro atoms. The average molecular weight is 298 g/mol. The molecule has 3 heteroatoms. The lowest BCUT2D eigenvalue weighted by Gasteiger charge is -2.41. The van der Waals surface area contributed by atoms with E-state index in [0.29, 0.717) is 6.04 Å². The first-order valence-corrected chi connectivity index (χ1v) is 6.98.